The first-order chi connectivity index (χ1) is 16.9. The molecule has 9 nitrogen and oxygen atoms in total. The molecule has 35 heavy (non-hydrogen) atoms. The summed E-state index contributed by atoms with van der Waals surface area (Å²) in [7, 11) is -1.94. The number of aryl methyl sites for hydroxylation is 2. The monoisotopic (exact) mass is 498 g/mol. The normalized spacial score (nSPS) is 13.7. The molecule has 10 heteroatoms. The second kappa shape index (κ2) is 10.6. The fraction of sp³-hybridized carbons (Fsp3) is 0.400. The molecule has 186 valence electrons. The van der Waals surface area contributed by atoms with E-state index in [2.05, 4.69) is 10.1 Å². The quantitative estimate of drug-likeness (QED) is 0.443. The molecule has 0 spiro atoms. The lowest BCUT2D eigenvalue weighted by atomic mass is 10.0. The molecule has 0 aliphatic carbocycles. The molecule has 1 aliphatic rings. The summed E-state index contributed by atoms with van der Waals surface area (Å²) >= 11 is 0. The number of anilines is 1. The van der Waals surface area contributed by atoms with Crippen molar-refractivity contribution in [2.45, 2.75) is 44.4 Å². The summed E-state index contributed by atoms with van der Waals surface area (Å²) in [5.41, 5.74) is 2.44. The summed E-state index contributed by atoms with van der Waals surface area (Å²) in [4.78, 5) is 19.5. The number of sulfonamides is 1. The van der Waals surface area contributed by atoms with Crippen molar-refractivity contribution in [3.05, 3.63) is 53.9 Å². The van der Waals surface area contributed by atoms with Crippen molar-refractivity contribution in [3.8, 4) is 17.1 Å². The SMILES string of the molecule is CCN(CC)S(=O)(=O)c1ccc2c(c1)CCCN2C(=O)CCc1nc(-c2ccc(OC)cc2)no1. The maximum absolute atomic E-state index is 13.1. The van der Waals surface area contributed by atoms with Gasteiger partial charge in [-0.25, -0.2) is 8.42 Å². The number of fused-ring (bicyclic) bond motifs is 1. The van der Waals surface area contributed by atoms with Gasteiger partial charge < -0.3 is 14.2 Å². The molecule has 0 bridgehead atoms. The van der Waals surface area contributed by atoms with Crippen LogP contribution < -0.4 is 9.64 Å². The van der Waals surface area contributed by atoms with Gasteiger partial charge >= 0.3 is 0 Å². The van der Waals surface area contributed by atoms with E-state index in [-0.39, 0.29) is 17.2 Å². The van der Waals surface area contributed by atoms with E-state index >= 15 is 0 Å². The number of aromatic nitrogens is 2. The van der Waals surface area contributed by atoms with Gasteiger partial charge in [0.05, 0.1) is 12.0 Å². The van der Waals surface area contributed by atoms with Crippen molar-refractivity contribution in [1.29, 1.82) is 0 Å². The summed E-state index contributed by atoms with van der Waals surface area (Å²) in [6.07, 6.45) is 2.04. The molecule has 0 saturated heterocycles. The topological polar surface area (TPSA) is 106 Å². The Labute approximate surface area is 205 Å². The van der Waals surface area contributed by atoms with Crippen molar-refractivity contribution in [2.24, 2.45) is 0 Å². The fourth-order valence-corrected chi connectivity index (χ4v) is 5.78. The summed E-state index contributed by atoms with van der Waals surface area (Å²) in [5.74, 6) is 1.53. The minimum absolute atomic E-state index is 0.0607. The molecular weight excluding hydrogens is 468 g/mol. The fourth-order valence-electron chi connectivity index (χ4n) is 4.27. The first kappa shape index (κ1) is 24.9. The maximum Gasteiger partial charge on any atom is 0.243 e. The number of carbonyl (C=O) groups excluding carboxylic acids is 1. The van der Waals surface area contributed by atoms with Crippen LogP contribution in [0.4, 0.5) is 5.69 Å². The molecule has 0 atom stereocenters. The van der Waals surface area contributed by atoms with Gasteiger partial charge in [0.1, 0.15) is 5.75 Å². The molecule has 3 aromatic rings. The smallest absolute Gasteiger partial charge is 0.243 e. The Morgan fingerprint density at radius 1 is 1.14 bits per heavy atom. The second-order valence-electron chi connectivity index (χ2n) is 8.27. The zero-order valence-corrected chi connectivity index (χ0v) is 21.0. The molecule has 2 heterocycles. The van der Waals surface area contributed by atoms with Crippen molar-refractivity contribution in [2.75, 3.05) is 31.6 Å². The molecule has 2 aromatic carbocycles. The minimum Gasteiger partial charge on any atom is -0.497 e. The molecule has 0 fully saturated rings. The van der Waals surface area contributed by atoms with E-state index < -0.39 is 10.0 Å². The largest absolute Gasteiger partial charge is 0.497 e. The molecule has 1 aromatic heterocycles. The van der Waals surface area contributed by atoms with Gasteiger partial charge in [0.25, 0.3) is 0 Å². The van der Waals surface area contributed by atoms with Crippen LogP contribution in [0.15, 0.2) is 51.9 Å². The third-order valence-corrected chi connectivity index (χ3v) is 8.23. The highest BCUT2D eigenvalue weighted by atomic mass is 32.2. The van der Waals surface area contributed by atoms with Gasteiger partial charge in [0.2, 0.25) is 27.6 Å². The Morgan fingerprint density at radius 2 is 1.89 bits per heavy atom. The lowest BCUT2D eigenvalue weighted by Gasteiger charge is -2.30. The van der Waals surface area contributed by atoms with Crippen molar-refractivity contribution >= 4 is 21.6 Å². The van der Waals surface area contributed by atoms with Crippen LogP contribution >= 0.6 is 0 Å². The number of methoxy groups -OCH3 is 1. The Hall–Kier alpha value is -3.24. The lowest BCUT2D eigenvalue weighted by Crippen LogP contribution is -2.36. The summed E-state index contributed by atoms with van der Waals surface area (Å²) < 4.78 is 37.8. The van der Waals surface area contributed by atoms with Crippen LogP contribution in [0.3, 0.4) is 0 Å². The number of amides is 1. The van der Waals surface area contributed by atoms with Crippen molar-refractivity contribution in [1.82, 2.24) is 14.4 Å². The van der Waals surface area contributed by atoms with E-state index in [1.54, 1.807) is 30.2 Å². The second-order valence-corrected chi connectivity index (χ2v) is 10.2. The van der Waals surface area contributed by atoms with Crippen LogP contribution in [-0.2, 0) is 27.7 Å². The van der Waals surface area contributed by atoms with Crippen LogP contribution in [0.2, 0.25) is 0 Å². The van der Waals surface area contributed by atoms with E-state index in [9.17, 15) is 13.2 Å². The maximum atomic E-state index is 13.1. The average molecular weight is 499 g/mol. The lowest BCUT2D eigenvalue weighted by molar-refractivity contribution is -0.118. The number of hydrogen-bond donors (Lipinski definition) is 0. The van der Waals surface area contributed by atoms with Gasteiger partial charge in [-0.05, 0) is 60.9 Å². The highest BCUT2D eigenvalue weighted by Crippen LogP contribution is 2.31. The zero-order valence-electron chi connectivity index (χ0n) is 20.2. The van der Waals surface area contributed by atoms with Gasteiger partial charge in [0, 0.05) is 43.7 Å². The third-order valence-electron chi connectivity index (χ3n) is 6.18. The first-order valence-corrected chi connectivity index (χ1v) is 13.2. The predicted molar refractivity (Wildman–Crippen MR) is 132 cm³/mol. The van der Waals surface area contributed by atoms with E-state index in [1.165, 1.54) is 4.31 Å². The molecule has 1 aliphatic heterocycles. The minimum atomic E-state index is -3.55. The first-order valence-electron chi connectivity index (χ1n) is 11.8. The highest BCUT2D eigenvalue weighted by Gasteiger charge is 2.27. The molecule has 0 N–H and O–H groups in total. The molecule has 0 unspecified atom stereocenters. The number of hydrogen-bond acceptors (Lipinski definition) is 7. The van der Waals surface area contributed by atoms with Crippen molar-refractivity contribution < 1.29 is 22.5 Å². The van der Waals surface area contributed by atoms with Gasteiger partial charge in [-0.1, -0.05) is 19.0 Å². The zero-order chi connectivity index (χ0) is 25.0. The Kier molecular flexibility index (Phi) is 7.51. The molecule has 4 rings (SSSR count). The van der Waals surface area contributed by atoms with Gasteiger partial charge in [-0.15, -0.1) is 0 Å². The van der Waals surface area contributed by atoms with Crippen molar-refractivity contribution in [3.63, 3.8) is 0 Å². The number of ether oxygens (including phenoxy) is 1. The molecule has 1 amide bonds. The summed E-state index contributed by atoms with van der Waals surface area (Å²) in [5, 5.41) is 4.02. The number of carbonyl (C=O) groups is 1. The van der Waals surface area contributed by atoms with Crippen LogP contribution in [0, 0.1) is 0 Å². The Bertz CT molecular complexity index is 1280. The molecular formula is C25H30N4O5S. The van der Waals surface area contributed by atoms with E-state index in [0.29, 0.717) is 37.8 Å². The predicted octanol–water partition coefficient (Wildman–Crippen LogP) is 3.69. The Balaban J connectivity index is 1.45. The van der Waals surface area contributed by atoms with E-state index in [0.717, 1.165) is 35.4 Å². The third kappa shape index (κ3) is 5.23. The summed E-state index contributed by atoms with van der Waals surface area (Å²) in [6.45, 7) is 5.06. The highest BCUT2D eigenvalue weighted by molar-refractivity contribution is 7.89. The number of benzene rings is 2. The van der Waals surface area contributed by atoms with Gasteiger partial charge in [0.15, 0.2) is 0 Å². The van der Waals surface area contributed by atoms with Crippen LogP contribution in [0.25, 0.3) is 11.4 Å². The standard InChI is InChI=1S/C25H30N4O5S/c1-4-28(5-2)35(31,32)21-12-13-22-19(17-21)7-6-16-29(22)24(30)15-14-23-26-25(27-34-23)18-8-10-20(33-3)11-9-18/h8-13,17H,4-7,14-16H2,1-3H3. The summed E-state index contributed by atoms with van der Waals surface area (Å²) in [6, 6.07) is 12.4. The van der Waals surface area contributed by atoms with E-state index in [4.69, 9.17) is 9.26 Å². The van der Waals surface area contributed by atoms with Crippen LogP contribution in [0.1, 0.15) is 38.1 Å². The number of nitrogens with zero attached hydrogens (tertiary/aromatic N) is 4. The van der Waals surface area contributed by atoms with Crippen LogP contribution in [0.5, 0.6) is 5.75 Å². The molecule has 0 radical (unpaired) electrons. The number of rotatable bonds is 9. The van der Waals surface area contributed by atoms with Gasteiger partial charge in [-0.2, -0.15) is 9.29 Å². The average Bonchev–Trinajstić information content (AvgIpc) is 3.36. The van der Waals surface area contributed by atoms with Gasteiger partial charge in [-0.3, -0.25) is 4.79 Å². The Morgan fingerprint density at radius 3 is 2.57 bits per heavy atom. The van der Waals surface area contributed by atoms with E-state index in [1.807, 2.05) is 38.1 Å². The van der Waals surface area contributed by atoms with Crippen LogP contribution in [-0.4, -0.2) is 55.5 Å². The molecule has 0 saturated carbocycles.